The van der Waals surface area contributed by atoms with Crippen LogP contribution in [0.3, 0.4) is 0 Å². The zero-order valence-electron chi connectivity index (χ0n) is 17.5. The van der Waals surface area contributed by atoms with E-state index in [2.05, 4.69) is 46.9 Å². The third-order valence-corrected chi connectivity index (χ3v) is 6.24. The molecule has 0 radical (unpaired) electrons. The second kappa shape index (κ2) is 7.95. The number of aromatic nitrogens is 2. The topological polar surface area (TPSA) is 77.1 Å². The van der Waals surface area contributed by atoms with Gasteiger partial charge in [-0.05, 0) is 49.5 Å². The van der Waals surface area contributed by atoms with Crippen LogP contribution in [0.2, 0.25) is 0 Å². The van der Waals surface area contributed by atoms with E-state index in [0.29, 0.717) is 5.92 Å². The van der Waals surface area contributed by atoms with E-state index in [0.717, 1.165) is 28.4 Å². The standard InChI is InChI=1S/C23H31N5O/c1-16-9-12-22(27-23(16,24)18-7-5-4-6-8-18)26-19-10-11-20(21(13-19)29-3)17-14-25-28(2)15-17/h9-15,18,26-27H,4-8,24H2,1-3H3. The minimum Gasteiger partial charge on any atom is -0.496 e. The molecule has 1 aliphatic carbocycles. The molecule has 2 aliphatic rings. The molecule has 1 unspecified atom stereocenters. The van der Waals surface area contributed by atoms with Gasteiger partial charge in [0.05, 0.1) is 13.3 Å². The number of rotatable bonds is 5. The molecule has 2 aromatic rings. The number of nitrogens with zero attached hydrogens (tertiary/aromatic N) is 2. The van der Waals surface area contributed by atoms with Crippen LogP contribution in [-0.2, 0) is 7.05 Å². The Balaban J connectivity index is 1.54. The summed E-state index contributed by atoms with van der Waals surface area (Å²) in [6.07, 6.45) is 14.2. The molecule has 1 aromatic carbocycles. The monoisotopic (exact) mass is 393 g/mol. The molecule has 1 atom stereocenters. The Kier molecular flexibility index (Phi) is 5.37. The van der Waals surface area contributed by atoms with Crippen molar-refractivity contribution in [3.8, 4) is 16.9 Å². The summed E-state index contributed by atoms with van der Waals surface area (Å²) in [6.45, 7) is 2.13. The van der Waals surface area contributed by atoms with Gasteiger partial charge in [0.15, 0.2) is 0 Å². The van der Waals surface area contributed by atoms with Crippen LogP contribution < -0.4 is 21.1 Å². The summed E-state index contributed by atoms with van der Waals surface area (Å²) >= 11 is 0. The van der Waals surface area contributed by atoms with Crippen LogP contribution in [-0.4, -0.2) is 22.6 Å². The summed E-state index contributed by atoms with van der Waals surface area (Å²) < 4.78 is 7.43. The van der Waals surface area contributed by atoms with Crippen LogP contribution in [0.25, 0.3) is 11.1 Å². The molecule has 4 N–H and O–H groups in total. The fraction of sp³-hybridized carbons (Fsp3) is 0.435. The highest BCUT2D eigenvalue weighted by Gasteiger charge is 2.38. The largest absolute Gasteiger partial charge is 0.496 e. The molecule has 6 heteroatoms. The van der Waals surface area contributed by atoms with Crippen LogP contribution in [0.15, 0.2) is 54.1 Å². The first-order valence-electron chi connectivity index (χ1n) is 10.4. The highest BCUT2D eigenvalue weighted by Crippen LogP contribution is 2.37. The van der Waals surface area contributed by atoms with Crippen LogP contribution in [0.4, 0.5) is 5.69 Å². The smallest absolute Gasteiger partial charge is 0.128 e. The molecule has 6 nitrogen and oxygen atoms in total. The Morgan fingerprint density at radius 1 is 1.24 bits per heavy atom. The van der Waals surface area contributed by atoms with Crippen LogP contribution in [0.1, 0.15) is 39.0 Å². The van der Waals surface area contributed by atoms with Crippen molar-refractivity contribution in [3.05, 3.63) is 54.1 Å². The number of methoxy groups -OCH3 is 1. The van der Waals surface area contributed by atoms with Crippen molar-refractivity contribution >= 4 is 5.69 Å². The predicted octanol–water partition coefficient (Wildman–Crippen LogP) is 4.13. The quantitative estimate of drug-likeness (QED) is 0.712. The lowest BCUT2D eigenvalue weighted by Crippen LogP contribution is -2.61. The number of anilines is 1. The molecule has 154 valence electrons. The minimum atomic E-state index is -0.489. The lowest BCUT2D eigenvalue weighted by molar-refractivity contribution is 0.209. The number of nitrogens with two attached hydrogens (primary N) is 1. The summed E-state index contributed by atoms with van der Waals surface area (Å²) in [5, 5.41) is 11.3. The highest BCUT2D eigenvalue weighted by molar-refractivity contribution is 5.73. The van der Waals surface area contributed by atoms with Crippen molar-refractivity contribution < 1.29 is 4.74 Å². The lowest BCUT2D eigenvalue weighted by atomic mass is 9.76. The maximum Gasteiger partial charge on any atom is 0.128 e. The molecule has 0 saturated heterocycles. The number of hydrogen-bond donors (Lipinski definition) is 3. The van der Waals surface area contributed by atoms with E-state index in [1.54, 1.807) is 11.8 Å². The Hall–Kier alpha value is -2.73. The number of benzene rings is 1. The molecule has 29 heavy (non-hydrogen) atoms. The molecule has 1 fully saturated rings. The first-order valence-corrected chi connectivity index (χ1v) is 10.4. The molecule has 0 amide bonds. The Morgan fingerprint density at radius 2 is 2.03 bits per heavy atom. The number of nitrogens with one attached hydrogen (secondary N) is 2. The molecule has 0 bridgehead atoms. The highest BCUT2D eigenvalue weighted by atomic mass is 16.5. The van der Waals surface area contributed by atoms with Crippen molar-refractivity contribution in [2.45, 2.75) is 44.7 Å². The van der Waals surface area contributed by atoms with E-state index in [-0.39, 0.29) is 0 Å². The number of dihydropyridines is 1. The van der Waals surface area contributed by atoms with Gasteiger partial charge in [-0.1, -0.05) is 25.3 Å². The summed E-state index contributed by atoms with van der Waals surface area (Å²) in [5.41, 5.74) is 10.6. The van der Waals surface area contributed by atoms with Crippen molar-refractivity contribution in [2.75, 3.05) is 12.4 Å². The zero-order valence-corrected chi connectivity index (χ0v) is 17.5. The van der Waals surface area contributed by atoms with Gasteiger partial charge in [0, 0.05) is 36.1 Å². The van der Waals surface area contributed by atoms with E-state index in [4.69, 9.17) is 10.5 Å². The molecular weight excluding hydrogens is 362 g/mol. The maximum absolute atomic E-state index is 6.89. The SMILES string of the molecule is COc1cc(NC2=CC=C(C)C(N)(C3CCCCC3)N2)ccc1-c1cnn(C)c1. The Morgan fingerprint density at radius 3 is 2.72 bits per heavy atom. The molecule has 0 spiro atoms. The van der Waals surface area contributed by atoms with E-state index in [1.165, 1.54) is 37.7 Å². The molecule has 4 rings (SSSR count). The van der Waals surface area contributed by atoms with Crippen LogP contribution >= 0.6 is 0 Å². The molecule has 1 aliphatic heterocycles. The fourth-order valence-electron chi connectivity index (χ4n) is 4.49. The van der Waals surface area contributed by atoms with E-state index < -0.39 is 5.66 Å². The average molecular weight is 394 g/mol. The Bertz CT molecular complexity index is 938. The molecule has 1 aromatic heterocycles. The number of allylic oxidation sites excluding steroid dienone is 2. The minimum absolute atomic E-state index is 0.459. The third-order valence-electron chi connectivity index (χ3n) is 6.24. The maximum atomic E-state index is 6.89. The predicted molar refractivity (Wildman–Crippen MR) is 117 cm³/mol. The summed E-state index contributed by atoms with van der Waals surface area (Å²) in [5.74, 6) is 2.18. The Labute approximate surface area is 172 Å². The van der Waals surface area contributed by atoms with E-state index >= 15 is 0 Å². The van der Waals surface area contributed by atoms with Gasteiger partial charge in [0.25, 0.3) is 0 Å². The van der Waals surface area contributed by atoms with Crippen molar-refractivity contribution in [1.82, 2.24) is 15.1 Å². The van der Waals surface area contributed by atoms with Gasteiger partial charge in [-0.15, -0.1) is 0 Å². The first-order chi connectivity index (χ1) is 14.0. The van der Waals surface area contributed by atoms with Gasteiger partial charge in [0.1, 0.15) is 17.2 Å². The summed E-state index contributed by atoms with van der Waals surface area (Å²) in [7, 11) is 3.60. The van der Waals surface area contributed by atoms with Crippen molar-refractivity contribution in [3.63, 3.8) is 0 Å². The van der Waals surface area contributed by atoms with Gasteiger partial charge >= 0.3 is 0 Å². The number of hydrogen-bond acceptors (Lipinski definition) is 5. The first kappa shape index (κ1) is 19.6. The van der Waals surface area contributed by atoms with E-state index in [9.17, 15) is 0 Å². The van der Waals surface area contributed by atoms with Gasteiger partial charge in [-0.2, -0.15) is 5.10 Å². The second-order valence-corrected chi connectivity index (χ2v) is 8.20. The van der Waals surface area contributed by atoms with E-state index in [1.807, 2.05) is 25.5 Å². The average Bonchev–Trinajstić information content (AvgIpc) is 3.17. The van der Waals surface area contributed by atoms with Crippen LogP contribution in [0, 0.1) is 5.92 Å². The summed E-state index contributed by atoms with van der Waals surface area (Å²) in [4.78, 5) is 0. The fourth-order valence-corrected chi connectivity index (χ4v) is 4.49. The van der Waals surface area contributed by atoms with Crippen molar-refractivity contribution in [2.24, 2.45) is 18.7 Å². The second-order valence-electron chi connectivity index (χ2n) is 8.20. The number of ether oxygens (including phenoxy) is 1. The van der Waals surface area contributed by atoms with Crippen LogP contribution in [0.5, 0.6) is 5.75 Å². The van der Waals surface area contributed by atoms with Gasteiger partial charge in [-0.25, -0.2) is 0 Å². The zero-order chi connectivity index (χ0) is 20.4. The molecular formula is C23H31N5O. The normalized spacial score (nSPS) is 22.5. The number of aryl methyl sites for hydroxylation is 1. The summed E-state index contributed by atoms with van der Waals surface area (Å²) in [6, 6.07) is 6.12. The van der Waals surface area contributed by atoms with Gasteiger partial charge < -0.3 is 21.1 Å². The van der Waals surface area contributed by atoms with Gasteiger partial charge in [-0.3, -0.25) is 4.68 Å². The third kappa shape index (κ3) is 3.90. The van der Waals surface area contributed by atoms with Gasteiger partial charge in [0.2, 0.25) is 0 Å². The lowest BCUT2D eigenvalue weighted by Gasteiger charge is -2.44. The molecule has 2 heterocycles. The van der Waals surface area contributed by atoms with Crippen molar-refractivity contribution in [1.29, 1.82) is 0 Å². The molecule has 1 saturated carbocycles.